The van der Waals surface area contributed by atoms with Crippen LogP contribution in [0.2, 0.25) is 10.0 Å². The van der Waals surface area contributed by atoms with Crippen molar-refractivity contribution in [3.8, 4) is 10.8 Å². The zero-order valence-electron chi connectivity index (χ0n) is 41.7. The third kappa shape index (κ3) is 9.87. The van der Waals surface area contributed by atoms with Gasteiger partial charge in [0.05, 0.1) is 42.6 Å². The highest BCUT2D eigenvalue weighted by atomic mass is 35.5. The number of carbonyl (C=O) groups excluding carboxylic acids is 5. The minimum atomic E-state index is -0.860. The van der Waals surface area contributed by atoms with Crippen LogP contribution >= 0.6 is 34.5 Å². The van der Waals surface area contributed by atoms with E-state index >= 15 is 0 Å². The van der Waals surface area contributed by atoms with Crippen molar-refractivity contribution in [3.05, 3.63) is 103 Å². The maximum absolute atomic E-state index is 14.9. The lowest BCUT2D eigenvalue weighted by atomic mass is 9.66. The molecule has 1 saturated heterocycles. The first-order valence-electron chi connectivity index (χ1n) is 25.1. The summed E-state index contributed by atoms with van der Waals surface area (Å²) < 4.78 is 10.1. The fourth-order valence-corrected chi connectivity index (χ4v) is 12.9. The molecule has 0 radical (unpaired) electrons. The Morgan fingerprint density at radius 1 is 0.973 bits per heavy atom. The molecule has 2 aliphatic carbocycles. The first kappa shape index (κ1) is 50.4. The Bertz CT molecular complexity index is 3040. The predicted octanol–water partition coefficient (Wildman–Crippen LogP) is 6.33. The molecule has 1 spiro atoms. The number of nitrogens with zero attached hydrogens (tertiary/aromatic N) is 9. The van der Waals surface area contributed by atoms with Gasteiger partial charge in [-0.15, -0.1) is 21.5 Å². The largest absolute Gasteiger partial charge is 0.485 e. The molecule has 10 rings (SSSR count). The molecular weight excluding hydrogens is 992 g/mol. The summed E-state index contributed by atoms with van der Waals surface area (Å²) in [5.74, 6) is 0.718. The maximum atomic E-state index is 14.9. The molecular formula is C52H60Cl2N12O6S. The molecule has 3 N–H and O–H groups in total. The second-order valence-corrected chi connectivity index (χ2v) is 22.5. The molecule has 73 heavy (non-hydrogen) atoms. The summed E-state index contributed by atoms with van der Waals surface area (Å²) in [6.07, 6.45) is 7.46. The number of aliphatic imine (C=N–C) groups is 1. The van der Waals surface area contributed by atoms with Crippen LogP contribution in [0, 0.1) is 37.5 Å². The number of halogens is 2. The summed E-state index contributed by atoms with van der Waals surface area (Å²) in [6.45, 7) is 9.51. The van der Waals surface area contributed by atoms with Gasteiger partial charge in [-0.3, -0.25) is 38.2 Å². The second kappa shape index (κ2) is 20.3. The van der Waals surface area contributed by atoms with Gasteiger partial charge in [-0.05, 0) is 101 Å². The number of amides is 5. The minimum absolute atomic E-state index is 0.00116. The number of carbonyl (C=O) groups is 5. The van der Waals surface area contributed by atoms with E-state index in [1.54, 1.807) is 41.5 Å². The van der Waals surface area contributed by atoms with Gasteiger partial charge >= 0.3 is 0 Å². The van der Waals surface area contributed by atoms with E-state index in [2.05, 4.69) is 50.1 Å². The molecule has 3 aromatic heterocycles. The van der Waals surface area contributed by atoms with Crippen molar-refractivity contribution in [2.24, 2.45) is 21.7 Å². The Balaban J connectivity index is 0.776. The number of hydrogen-bond donors (Lipinski definition) is 3. The van der Waals surface area contributed by atoms with Gasteiger partial charge in [0.1, 0.15) is 35.6 Å². The molecule has 0 bridgehead atoms. The van der Waals surface area contributed by atoms with Crippen LogP contribution in [0.5, 0.6) is 5.75 Å². The number of aromatic nitrogens is 6. The lowest BCUT2D eigenvalue weighted by Gasteiger charge is -2.46. The standard InChI is InChI=1S/C52H60Cl2N12O6S/c1-29-30(2)73-49-44(29)46(32-9-11-33(53)12-10-32)59-37(47-61-60-31(3)66(47)49)22-41(67)57-24-42(68)56-19-21-64-28-58-40(62-64)26-72-39-14-13-36(54)34-15-20-65(48(70)35-8-6-7-16-51(35,4)50(71)55-5)38(45(34)39)25-63-27-52(17-18-52)23-43(63)69/h9-14,28,35,37-38H,6-8,15-27H2,1-5H3,(H,55,71)(H,56,68)(H,57,67)/t35-,37-,38?,51-/m0/s1. The van der Waals surface area contributed by atoms with Gasteiger partial charge in [-0.2, -0.15) is 5.10 Å². The maximum Gasteiger partial charge on any atom is 0.239 e. The number of likely N-dealkylation sites (tertiary alicyclic amines) is 1. The van der Waals surface area contributed by atoms with Gasteiger partial charge in [0, 0.05) is 71.3 Å². The lowest BCUT2D eigenvalue weighted by Crippen LogP contribution is -2.54. The normalized spacial score (nSPS) is 21.7. The fourth-order valence-electron chi connectivity index (χ4n) is 11.3. The summed E-state index contributed by atoms with van der Waals surface area (Å²) in [6, 6.07) is 9.83. The average Bonchev–Trinajstić information content (AvgIpc) is 3.57. The smallest absolute Gasteiger partial charge is 0.239 e. The van der Waals surface area contributed by atoms with Crippen molar-refractivity contribution >= 4 is 69.8 Å². The monoisotopic (exact) mass is 1050 g/mol. The Kier molecular flexibility index (Phi) is 14.0. The highest BCUT2D eigenvalue weighted by Gasteiger charge is 2.54. The number of thiophene rings is 1. The van der Waals surface area contributed by atoms with Gasteiger partial charge in [0.2, 0.25) is 29.5 Å². The van der Waals surface area contributed by atoms with Crippen LogP contribution in [0.4, 0.5) is 0 Å². The van der Waals surface area contributed by atoms with Crippen molar-refractivity contribution in [2.45, 2.75) is 111 Å². The fraction of sp³-hybridized carbons (Fsp3) is 0.500. The van der Waals surface area contributed by atoms with Gasteiger partial charge in [-0.25, -0.2) is 4.98 Å². The SMILES string of the molecule is CNC(=O)[C@@]1(C)CCCC[C@H]1C(=O)N1CCc2c(Cl)ccc(OCc3ncn(CCNC(=O)CNC(=O)C[C@@H]4N=C(c5ccc(Cl)cc5)c5c(sc(C)c5C)-n5c(C)nnc54)n3)c2C1CN1CC2(CC2)CC1=O. The molecule has 5 aromatic rings. The van der Waals surface area contributed by atoms with Gasteiger partial charge in [0.15, 0.2) is 11.6 Å². The van der Waals surface area contributed by atoms with Crippen molar-refractivity contribution in [3.63, 3.8) is 0 Å². The second-order valence-electron chi connectivity index (χ2n) is 20.4. The molecule has 5 amide bonds. The number of ether oxygens (including phenoxy) is 1. The van der Waals surface area contributed by atoms with Crippen LogP contribution in [0.25, 0.3) is 5.00 Å². The predicted molar refractivity (Wildman–Crippen MR) is 275 cm³/mol. The molecule has 384 valence electrons. The first-order chi connectivity index (χ1) is 35.1. The van der Waals surface area contributed by atoms with Crippen LogP contribution in [-0.4, -0.2) is 114 Å². The van der Waals surface area contributed by atoms with E-state index in [9.17, 15) is 24.0 Å². The lowest BCUT2D eigenvalue weighted by molar-refractivity contribution is -0.153. The number of rotatable bonds is 15. The molecule has 3 fully saturated rings. The zero-order valence-corrected chi connectivity index (χ0v) is 44.1. The van der Waals surface area contributed by atoms with Crippen molar-refractivity contribution < 1.29 is 28.7 Å². The quantitative estimate of drug-likeness (QED) is 0.106. The summed E-state index contributed by atoms with van der Waals surface area (Å²) in [4.78, 5) is 82.8. The Hall–Kier alpha value is -6.18. The molecule has 4 atom stereocenters. The topological polar surface area (TPSA) is 211 Å². The number of nitrogens with one attached hydrogen (secondary N) is 3. The molecule has 6 heterocycles. The minimum Gasteiger partial charge on any atom is -0.485 e. The molecule has 21 heteroatoms. The number of aryl methyl sites for hydroxylation is 2. The molecule has 1 unspecified atom stereocenters. The van der Waals surface area contributed by atoms with Crippen molar-refractivity contribution in [1.82, 2.24) is 55.3 Å². The van der Waals surface area contributed by atoms with Crippen LogP contribution in [0.15, 0.2) is 47.7 Å². The Morgan fingerprint density at radius 2 is 1.77 bits per heavy atom. The van der Waals surface area contributed by atoms with Crippen molar-refractivity contribution in [2.75, 3.05) is 39.8 Å². The van der Waals surface area contributed by atoms with E-state index in [1.165, 1.54) is 0 Å². The highest BCUT2D eigenvalue weighted by Crippen LogP contribution is 2.54. The third-order valence-corrected chi connectivity index (χ3v) is 17.4. The zero-order chi connectivity index (χ0) is 51.3. The molecule has 18 nitrogen and oxygen atoms in total. The van der Waals surface area contributed by atoms with E-state index in [-0.39, 0.29) is 61.1 Å². The van der Waals surface area contributed by atoms with Gasteiger partial charge in [-0.1, -0.05) is 48.2 Å². The summed E-state index contributed by atoms with van der Waals surface area (Å²) >= 11 is 14.8. The number of fused-ring (bicyclic) bond motifs is 4. The van der Waals surface area contributed by atoms with E-state index in [1.807, 2.05) is 52.5 Å². The van der Waals surface area contributed by atoms with Gasteiger partial charge < -0.3 is 30.5 Å². The van der Waals surface area contributed by atoms with Crippen LogP contribution < -0.4 is 20.7 Å². The van der Waals surface area contributed by atoms with Crippen LogP contribution in [0.3, 0.4) is 0 Å². The van der Waals surface area contributed by atoms with Crippen LogP contribution in [-0.2, 0) is 43.5 Å². The molecule has 2 aromatic carbocycles. The van der Waals surface area contributed by atoms with E-state index < -0.39 is 23.4 Å². The van der Waals surface area contributed by atoms with Crippen LogP contribution in [0.1, 0.15) is 121 Å². The Labute approximate surface area is 437 Å². The van der Waals surface area contributed by atoms with Gasteiger partial charge in [0.25, 0.3) is 0 Å². The molecule has 5 aliphatic rings. The first-order valence-corrected chi connectivity index (χ1v) is 26.7. The Morgan fingerprint density at radius 3 is 2.52 bits per heavy atom. The van der Waals surface area contributed by atoms with E-state index in [0.29, 0.717) is 85.1 Å². The number of benzene rings is 2. The summed E-state index contributed by atoms with van der Waals surface area (Å²) in [7, 11) is 1.62. The van der Waals surface area contributed by atoms with E-state index in [4.69, 9.17) is 32.9 Å². The van der Waals surface area contributed by atoms with Crippen molar-refractivity contribution in [1.29, 1.82) is 0 Å². The molecule has 2 saturated carbocycles. The molecule has 3 aliphatic heterocycles. The summed E-state index contributed by atoms with van der Waals surface area (Å²) in [5, 5.41) is 23.9. The highest BCUT2D eigenvalue weighted by molar-refractivity contribution is 7.15. The number of hydrogen-bond acceptors (Lipinski definition) is 12. The summed E-state index contributed by atoms with van der Waals surface area (Å²) in [5.41, 5.74) is 4.42. The third-order valence-electron chi connectivity index (χ3n) is 15.6. The average molecular weight is 1050 g/mol. The van der Waals surface area contributed by atoms with E-state index in [0.717, 1.165) is 69.1 Å².